The first-order valence-corrected chi connectivity index (χ1v) is 6.76. The van der Waals surface area contributed by atoms with E-state index in [2.05, 4.69) is 22.4 Å². The van der Waals surface area contributed by atoms with Crippen molar-refractivity contribution in [1.82, 2.24) is 15.5 Å². The third-order valence-electron chi connectivity index (χ3n) is 2.83. The Labute approximate surface area is 122 Å². The third kappa shape index (κ3) is 3.93. The number of hydrogen-bond acceptors (Lipinski definition) is 4. The van der Waals surface area contributed by atoms with Crippen LogP contribution in [0.15, 0.2) is 22.7 Å². The van der Waals surface area contributed by atoms with Crippen molar-refractivity contribution < 1.29 is 4.52 Å². The van der Waals surface area contributed by atoms with Gasteiger partial charge in [-0.15, -0.1) is 0 Å². The zero-order valence-electron chi connectivity index (χ0n) is 10.8. The predicted molar refractivity (Wildman–Crippen MR) is 75.8 cm³/mol. The Morgan fingerprint density at radius 1 is 1.32 bits per heavy atom. The van der Waals surface area contributed by atoms with Gasteiger partial charge in [0.2, 0.25) is 5.89 Å². The molecule has 6 heteroatoms. The largest absolute Gasteiger partial charge is 0.339 e. The van der Waals surface area contributed by atoms with E-state index in [4.69, 9.17) is 27.7 Å². The second-order valence-electron chi connectivity index (χ2n) is 4.42. The number of rotatable bonds is 5. The topological polar surface area (TPSA) is 51.0 Å². The lowest BCUT2D eigenvalue weighted by Crippen LogP contribution is -2.23. The van der Waals surface area contributed by atoms with Gasteiger partial charge < -0.3 is 9.84 Å². The minimum Gasteiger partial charge on any atom is -0.339 e. The molecule has 0 amide bonds. The van der Waals surface area contributed by atoms with Gasteiger partial charge in [-0.1, -0.05) is 34.4 Å². The van der Waals surface area contributed by atoms with E-state index in [0.29, 0.717) is 40.6 Å². The molecule has 2 aromatic rings. The Morgan fingerprint density at radius 2 is 2.11 bits per heavy atom. The van der Waals surface area contributed by atoms with Crippen molar-refractivity contribution in [1.29, 1.82) is 0 Å². The zero-order valence-corrected chi connectivity index (χ0v) is 12.3. The van der Waals surface area contributed by atoms with Crippen molar-refractivity contribution in [2.45, 2.75) is 25.8 Å². The highest BCUT2D eigenvalue weighted by molar-refractivity contribution is 6.42. The number of nitrogens with zero attached hydrogens (tertiary/aromatic N) is 2. The summed E-state index contributed by atoms with van der Waals surface area (Å²) >= 11 is 11.8. The molecule has 102 valence electrons. The molecule has 1 aromatic heterocycles. The molecule has 0 spiro atoms. The lowest BCUT2D eigenvalue weighted by atomic mass is 10.1. The smallest absolute Gasteiger partial charge is 0.228 e. The van der Waals surface area contributed by atoms with Crippen molar-refractivity contribution in [2.75, 3.05) is 7.05 Å². The van der Waals surface area contributed by atoms with Crippen LogP contribution in [0.1, 0.15) is 24.2 Å². The maximum Gasteiger partial charge on any atom is 0.228 e. The van der Waals surface area contributed by atoms with Gasteiger partial charge in [-0.2, -0.15) is 4.98 Å². The second-order valence-corrected chi connectivity index (χ2v) is 5.24. The Bertz CT molecular complexity index is 557. The SMILES string of the molecule is CNC(C)Cc1nc(Cc2ccc(Cl)c(Cl)c2)no1. The van der Waals surface area contributed by atoms with Crippen LogP contribution in [0.25, 0.3) is 0 Å². The molecular weight excluding hydrogens is 285 g/mol. The Kier molecular flexibility index (Phi) is 4.80. The summed E-state index contributed by atoms with van der Waals surface area (Å²) in [5.41, 5.74) is 1.00. The van der Waals surface area contributed by atoms with Crippen LogP contribution in [0.2, 0.25) is 10.0 Å². The summed E-state index contributed by atoms with van der Waals surface area (Å²) in [5.74, 6) is 1.29. The van der Waals surface area contributed by atoms with E-state index in [9.17, 15) is 0 Å². The molecule has 0 aliphatic carbocycles. The first kappa shape index (κ1) is 14.3. The molecule has 1 heterocycles. The minimum absolute atomic E-state index is 0.304. The number of hydrogen-bond donors (Lipinski definition) is 1. The monoisotopic (exact) mass is 299 g/mol. The maximum atomic E-state index is 5.97. The molecule has 0 aliphatic rings. The summed E-state index contributed by atoms with van der Waals surface area (Å²) in [6, 6.07) is 5.79. The molecule has 1 N–H and O–H groups in total. The molecule has 0 aliphatic heterocycles. The minimum atomic E-state index is 0.304. The van der Waals surface area contributed by atoms with Crippen LogP contribution in [0.3, 0.4) is 0 Å². The molecule has 0 bridgehead atoms. The van der Waals surface area contributed by atoms with Crippen molar-refractivity contribution in [3.63, 3.8) is 0 Å². The summed E-state index contributed by atoms with van der Waals surface area (Å²) in [4.78, 5) is 4.35. The molecule has 0 fully saturated rings. The van der Waals surface area contributed by atoms with Crippen molar-refractivity contribution in [3.8, 4) is 0 Å². The van der Waals surface area contributed by atoms with Crippen LogP contribution >= 0.6 is 23.2 Å². The van der Waals surface area contributed by atoms with E-state index in [1.54, 1.807) is 6.07 Å². The van der Waals surface area contributed by atoms with Gasteiger partial charge in [0.05, 0.1) is 10.0 Å². The van der Waals surface area contributed by atoms with Crippen LogP contribution in [0, 0.1) is 0 Å². The van der Waals surface area contributed by atoms with Crippen LogP contribution in [0.5, 0.6) is 0 Å². The normalized spacial score (nSPS) is 12.6. The van der Waals surface area contributed by atoms with Gasteiger partial charge in [0.25, 0.3) is 0 Å². The summed E-state index contributed by atoms with van der Waals surface area (Å²) in [6.07, 6.45) is 1.29. The van der Waals surface area contributed by atoms with E-state index in [1.165, 1.54) is 0 Å². The Hall–Kier alpha value is -1.10. The zero-order chi connectivity index (χ0) is 13.8. The summed E-state index contributed by atoms with van der Waals surface area (Å²) in [7, 11) is 1.90. The number of likely N-dealkylation sites (N-methyl/N-ethyl adjacent to an activating group) is 1. The molecule has 4 nitrogen and oxygen atoms in total. The maximum absolute atomic E-state index is 5.97. The quantitative estimate of drug-likeness (QED) is 0.921. The van der Waals surface area contributed by atoms with E-state index < -0.39 is 0 Å². The highest BCUT2D eigenvalue weighted by Crippen LogP contribution is 2.23. The molecule has 0 radical (unpaired) electrons. The Balaban J connectivity index is 2.05. The van der Waals surface area contributed by atoms with E-state index in [-0.39, 0.29) is 0 Å². The second kappa shape index (κ2) is 6.37. The van der Waals surface area contributed by atoms with Crippen molar-refractivity contribution in [3.05, 3.63) is 45.5 Å². The van der Waals surface area contributed by atoms with Crippen LogP contribution < -0.4 is 5.32 Å². The summed E-state index contributed by atoms with van der Waals surface area (Å²) < 4.78 is 5.20. The fourth-order valence-electron chi connectivity index (χ4n) is 1.64. The van der Waals surface area contributed by atoms with Gasteiger partial charge in [0.15, 0.2) is 5.82 Å². The summed E-state index contributed by atoms with van der Waals surface area (Å²) in [6.45, 7) is 2.06. The highest BCUT2D eigenvalue weighted by Gasteiger charge is 2.10. The van der Waals surface area contributed by atoms with Crippen LogP contribution in [-0.2, 0) is 12.8 Å². The van der Waals surface area contributed by atoms with Gasteiger partial charge in [0.1, 0.15) is 0 Å². The predicted octanol–water partition coefficient (Wildman–Crippen LogP) is 3.12. The molecule has 1 atom stereocenters. The molecule has 1 unspecified atom stereocenters. The number of aromatic nitrogens is 2. The van der Waals surface area contributed by atoms with Crippen molar-refractivity contribution >= 4 is 23.2 Å². The number of benzene rings is 1. The highest BCUT2D eigenvalue weighted by atomic mass is 35.5. The fourth-order valence-corrected chi connectivity index (χ4v) is 1.96. The average molecular weight is 300 g/mol. The number of nitrogens with one attached hydrogen (secondary N) is 1. The molecule has 19 heavy (non-hydrogen) atoms. The van der Waals surface area contributed by atoms with E-state index >= 15 is 0 Å². The molecule has 2 rings (SSSR count). The van der Waals surface area contributed by atoms with Gasteiger partial charge >= 0.3 is 0 Å². The molecule has 1 aromatic carbocycles. The van der Waals surface area contributed by atoms with E-state index in [0.717, 1.165) is 5.56 Å². The first-order valence-electron chi connectivity index (χ1n) is 6.01. The fraction of sp³-hybridized carbons (Fsp3) is 0.385. The first-order chi connectivity index (χ1) is 9.08. The standard InChI is InChI=1S/C13H15Cl2N3O/c1-8(16-2)5-13-17-12(18-19-13)7-9-3-4-10(14)11(15)6-9/h3-4,6,8,16H,5,7H2,1-2H3. The average Bonchev–Trinajstić information content (AvgIpc) is 2.81. The molecule has 0 saturated carbocycles. The molecule has 0 saturated heterocycles. The Morgan fingerprint density at radius 3 is 2.79 bits per heavy atom. The van der Waals surface area contributed by atoms with Crippen molar-refractivity contribution in [2.24, 2.45) is 0 Å². The van der Waals surface area contributed by atoms with Gasteiger partial charge in [0, 0.05) is 18.9 Å². The van der Waals surface area contributed by atoms with Crippen LogP contribution in [0.4, 0.5) is 0 Å². The summed E-state index contributed by atoms with van der Waals surface area (Å²) in [5, 5.41) is 8.16. The van der Waals surface area contributed by atoms with Crippen LogP contribution in [-0.4, -0.2) is 23.2 Å². The lowest BCUT2D eigenvalue weighted by Gasteiger charge is -2.04. The van der Waals surface area contributed by atoms with Gasteiger partial charge in [-0.3, -0.25) is 0 Å². The molecular formula is C13H15Cl2N3O. The van der Waals surface area contributed by atoms with Gasteiger partial charge in [-0.25, -0.2) is 0 Å². The van der Waals surface area contributed by atoms with Gasteiger partial charge in [-0.05, 0) is 31.7 Å². The van der Waals surface area contributed by atoms with E-state index in [1.807, 2.05) is 19.2 Å². The third-order valence-corrected chi connectivity index (χ3v) is 3.57. The number of halogens is 2. The lowest BCUT2D eigenvalue weighted by molar-refractivity contribution is 0.361.